The summed E-state index contributed by atoms with van der Waals surface area (Å²) in [5, 5.41) is 0. The molecule has 3 nitrogen and oxygen atoms in total. The van der Waals surface area contributed by atoms with Crippen LogP contribution in [-0.4, -0.2) is 12.7 Å². The molecule has 0 saturated heterocycles. The molecule has 0 aromatic heterocycles. The minimum atomic E-state index is -0.290. The average Bonchev–Trinajstić information content (AvgIpc) is 2.38. The third-order valence-corrected chi connectivity index (χ3v) is 2.76. The van der Waals surface area contributed by atoms with Gasteiger partial charge in [-0.25, -0.2) is 4.79 Å². The maximum atomic E-state index is 11.9. The largest absolute Gasteiger partial charge is 0.449 e. The molecule has 0 N–H and O–H groups in total. The number of ether oxygens (including phenoxy) is 1. The lowest BCUT2D eigenvalue weighted by Gasteiger charge is -2.23. The minimum absolute atomic E-state index is 0.290. The van der Waals surface area contributed by atoms with E-state index >= 15 is 0 Å². The first-order chi connectivity index (χ1) is 8.33. The van der Waals surface area contributed by atoms with Gasteiger partial charge in [0.05, 0.1) is 12.3 Å². The Kier molecular flexibility index (Phi) is 3.81. The van der Waals surface area contributed by atoms with Crippen LogP contribution in [0.25, 0.3) is 0 Å². The summed E-state index contributed by atoms with van der Waals surface area (Å²) in [6, 6.07) is 7.90. The van der Waals surface area contributed by atoms with Gasteiger partial charge in [-0.15, -0.1) is 0 Å². The van der Waals surface area contributed by atoms with Gasteiger partial charge in [0.25, 0.3) is 0 Å². The number of rotatable bonds is 3. The van der Waals surface area contributed by atoms with Gasteiger partial charge >= 0.3 is 6.09 Å². The number of anilines is 1. The van der Waals surface area contributed by atoms with Crippen LogP contribution in [0.5, 0.6) is 0 Å². The summed E-state index contributed by atoms with van der Waals surface area (Å²) < 4.78 is 5.21. The van der Waals surface area contributed by atoms with E-state index in [0.29, 0.717) is 6.61 Å². The quantitative estimate of drug-likeness (QED) is 0.745. The summed E-state index contributed by atoms with van der Waals surface area (Å²) in [6.07, 6.45) is 6.28. The fourth-order valence-electron chi connectivity index (χ4n) is 1.82. The molecule has 1 aromatic carbocycles. The van der Waals surface area contributed by atoms with Crippen molar-refractivity contribution in [2.24, 2.45) is 0 Å². The Hall–Kier alpha value is -1.77. The fraction of sp³-hybridized carbons (Fsp3) is 0.357. The van der Waals surface area contributed by atoms with Crippen LogP contribution in [0, 0.1) is 0 Å². The van der Waals surface area contributed by atoms with Crippen molar-refractivity contribution in [1.29, 1.82) is 0 Å². The first-order valence-electron chi connectivity index (χ1n) is 6.03. The summed E-state index contributed by atoms with van der Waals surface area (Å²) in [6.45, 7) is 2.56. The van der Waals surface area contributed by atoms with Gasteiger partial charge in [0.15, 0.2) is 0 Å². The number of hydrogen-bond donors (Lipinski definition) is 0. The fourth-order valence-corrected chi connectivity index (χ4v) is 1.82. The highest BCUT2D eigenvalue weighted by Gasteiger charge is 2.19. The van der Waals surface area contributed by atoms with Crippen molar-refractivity contribution >= 4 is 11.8 Å². The van der Waals surface area contributed by atoms with Crippen LogP contribution in [0.1, 0.15) is 25.3 Å². The second kappa shape index (κ2) is 5.53. The lowest BCUT2D eigenvalue weighted by molar-refractivity contribution is 0.154. The molecule has 1 aliphatic rings. The van der Waals surface area contributed by atoms with E-state index in [0.717, 1.165) is 30.5 Å². The Morgan fingerprint density at radius 1 is 1.41 bits per heavy atom. The van der Waals surface area contributed by atoms with Crippen molar-refractivity contribution in [3.63, 3.8) is 0 Å². The number of amides is 1. The Morgan fingerprint density at radius 2 is 2.24 bits per heavy atom. The van der Waals surface area contributed by atoms with Crippen LogP contribution in [-0.2, 0) is 11.2 Å². The van der Waals surface area contributed by atoms with Gasteiger partial charge in [0, 0.05) is 6.20 Å². The predicted molar refractivity (Wildman–Crippen MR) is 68.0 cm³/mol. The molecular weight excluding hydrogens is 214 g/mol. The highest BCUT2D eigenvalue weighted by molar-refractivity contribution is 5.91. The third-order valence-electron chi connectivity index (χ3n) is 2.76. The van der Waals surface area contributed by atoms with Gasteiger partial charge in [-0.1, -0.05) is 37.6 Å². The number of carbonyl (C=O) groups is 1. The van der Waals surface area contributed by atoms with E-state index < -0.39 is 0 Å². The van der Waals surface area contributed by atoms with Crippen molar-refractivity contribution in [2.75, 3.05) is 11.5 Å². The summed E-state index contributed by atoms with van der Waals surface area (Å²) >= 11 is 0. The monoisotopic (exact) mass is 231 g/mol. The molecule has 17 heavy (non-hydrogen) atoms. The number of benzene rings is 1. The Morgan fingerprint density at radius 3 is 3.06 bits per heavy atom. The molecule has 1 amide bonds. The van der Waals surface area contributed by atoms with Crippen molar-refractivity contribution in [1.82, 2.24) is 0 Å². The first-order valence-corrected chi connectivity index (χ1v) is 6.03. The van der Waals surface area contributed by atoms with Crippen LogP contribution in [0.2, 0.25) is 0 Å². The zero-order chi connectivity index (χ0) is 12.1. The van der Waals surface area contributed by atoms with Gasteiger partial charge in [0.1, 0.15) is 0 Å². The van der Waals surface area contributed by atoms with Crippen LogP contribution >= 0.6 is 0 Å². The van der Waals surface area contributed by atoms with E-state index in [1.165, 1.54) is 0 Å². The van der Waals surface area contributed by atoms with Crippen LogP contribution in [0.4, 0.5) is 10.5 Å². The van der Waals surface area contributed by atoms with E-state index in [4.69, 9.17) is 4.74 Å². The molecule has 0 radical (unpaired) electrons. The van der Waals surface area contributed by atoms with Crippen LogP contribution in [0.15, 0.2) is 36.5 Å². The highest BCUT2D eigenvalue weighted by atomic mass is 16.6. The van der Waals surface area contributed by atoms with Gasteiger partial charge in [-0.3, -0.25) is 4.90 Å². The van der Waals surface area contributed by atoms with Crippen molar-refractivity contribution in [3.8, 4) is 0 Å². The third kappa shape index (κ3) is 2.67. The summed E-state index contributed by atoms with van der Waals surface area (Å²) in [5.74, 6) is 0. The molecule has 0 unspecified atom stereocenters. The summed E-state index contributed by atoms with van der Waals surface area (Å²) in [4.78, 5) is 13.5. The molecule has 0 fully saturated rings. The maximum Gasteiger partial charge on any atom is 0.418 e. The normalized spacial score (nSPS) is 13.4. The van der Waals surface area contributed by atoms with Crippen LogP contribution < -0.4 is 4.90 Å². The first kappa shape index (κ1) is 11.7. The smallest absolute Gasteiger partial charge is 0.418 e. The van der Waals surface area contributed by atoms with Crippen LogP contribution in [0.3, 0.4) is 0 Å². The molecule has 1 aliphatic heterocycles. The number of allylic oxidation sites excluding steroid dienone is 1. The van der Waals surface area contributed by atoms with Gasteiger partial charge in [-0.2, -0.15) is 0 Å². The Labute approximate surface area is 102 Å². The lowest BCUT2D eigenvalue weighted by Crippen LogP contribution is -2.28. The number of unbranched alkanes of at least 4 members (excludes halogenated alkanes) is 1. The molecule has 1 heterocycles. The van der Waals surface area contributed by atoms with E-state index in [-0.39, 0.29) is 6.09 Å². The molecule has 1 aromatic rings. The Balaban J connectivity index is 2.08. The number of fused-ring (bicyclic) bond motifs is 1. The molecule has 0 atom stereocenters. The second-order valence-electron chi connectivity index (χ2n) is 4.06. The number of carbonyl (C=O) groups excluding carboxylic acids is 1. The van der Waals surface area contributed by atoms with Gasteiger partial charge in [0.2, 0.25) is 0 Å². The molecule has 3 heteroatoms. The zero-order valence-corrected chi connectivity index (χ0v) is 10.1. The van der Waals surface area contributed by atoms with Gasteiger partial charge < -0.3 is 4.74 Å². The molecule has 2 rings (SSSR count). The predicted octanol–water partition coefficient (Wildman–Crippen LogP) is 3.50. The minimum Gasteiger partial charge on any atom is -0.449 e. The maximum absolute atomic E-state index is 11.9. The molecule has 0 spiro atoms. The number of nitrogens with zero attached hydrogens (tertiary/aromatic N) is 1. The molecule has 90 valence electrons. The van der Waals surface area contributed by atoms with E-state index in [9.17, 15) is 4.79 Å². The van der Waals surface area contributed by atoms with Crippen molar-refractivity contribution in [2.45, 2.75) is 26.2 Å². The highest BCUT2D eigenvalue weighted by Crippen LogP contribution is 2.25. The summed E-state index contributed by atoms with van der Waals surface area (Å²) in [5.41, 5.74) is 2.08. The molecule has 0 saturated carbocycles. The molecular formula is C14H17NO2. The second-order valence-corrected chi connectivity index (χ2v) is 4.06. The standard InChI is InChI=1S/C14H17NO2/c1-2-3-11-17-14(16)15-10-6-8-12-7-4-5-9-13(12)15/h4-7,9-10H,2-3,8,11H2,1H3. The number of para-hydroxylation sites is 1. The van der Waals surface area contributed by atoms with E-state index in [1.807, 2.05) is 30.3 Å². The Bertz CT molecular complexity index is 426. The number of hydrogen-bond acceptors (Lipinski definition) is 2. The average molecular weight is 231 g/mol. The molecule has 0 bridgehead atoms. The topological polar surface area (TPSA) is 29.5 Å². The SMILES string of the molecule is CCCCOC(=O)N1C=CCc2ccccc21. The van der Waals surface area contributed by atoms with Crippen molar-refractivity contribution < 1.29 is 9.53 Å². The molecule has 0 aliphatic carbocycles. The van der Waals surface area contributed by atoms with E-state index in [2.05, 4.69) is 6.92 Å². The van der Waals surface area contributed by atoms with E-state index in [1.54, 1.807) is 11.1 Å². The zero-order valence-electron chi connectivity index (χ0n) is 10.1. The van der Waals surface area contributed by atoms with Crippen molar-refractivity contribution in [3.05, 3.63) is 42.1 Å². The summed E-state index contributed by atoms with van der Waals surface area (Å²) in [7, 11) is 0. The lowest BCUT2D eigenvalue weighted by atomic mass is 10.1. The van der Waals surface area contributed by atoms with Gasteiger partial charge in [-0.05, 0) is 24.5 Å².